The van der Waals surface area contributed by atoms with Crippen molar-refractivity contribution in [2.75, 3.05) is 6.54 Å². The number of amides is 1. The van der Waals surface area contributed by atoms with Gasteiger partial charge in [-0.25, -0.2) is 0 Å². The molecule has 0 heterocycles. The van der Waals surface area contributed by atoms with Crippen LogP contribution in [0.25, 0.3) is 0 Å². The molecule has 0 aliphatic heterocycles. The molecule has 1 aromatic carbocycles. The predicted octanol–water partition coefficient (Wildman–Crippen LogP) is 1.85. The number of aromatic hydroxyl groups is 1. The predicted molar refractivity (Wildman–Crippen MR) is 62.2 cm³/mol. The van der Waals surface area contributed by atoms with E-state index in [-0.39, 0.29) is 5.91 Å². The molecule has 1 saturated carbocycles. The van der Waals surface area contributed by atoms with E-state index >= 15 is 0 Å². The van der Waals surface area contributed by atoms with Crippen molar-refractivity contribution >= 4 is 5.91 Å². The topological polar surface area (TPSA) is 49.3 Å². The zero-order valence-electron chi connectivity index (χ0n) is 9.28. The molecule has 0 spiro atoms. The zero-order chi connectivity index (χ0) is 11.4. The number of hydrogen-bond donors (Lipinski definition) is 2. The van der Waals surface area contributed by atoms with Crippen molar-refractivity contribution in [3.8, 4) is 5.75 Å². The van der Waals surface area contributed by atoms with Crippen LogP contribution in [-0.4, -0.2) is 17.6 Å². The van der Waals surface area contributed by atoms with Crippen molar-refractivity contribution in [1.82, 2.24) is 5.32 Å². The Labute approximate surface area is 95.5 Å². The number of hydrogen-bond acceptors (Lipinski definition) is 2. The first kappa shape index (κ1) is 11.0. The third-order valence-corrected chi connectivity index (χ3v) is 2.83. The first-order valence-corrected chi connectivity index (χ1v) is 5.81. The lowest BCUT2D eigenvalue weighted by Crippen LogP contribution is -2.26. The molecule has 3 nitrogen and oxygen atoms in total. The van der Waals surface area contributed by atoms with Crippen LogP contribution >= 0.6 is 0 Å². The molecule has 1 fully saturated rings. The second-order valence-corrected chi connectivity index (χ2v) is 4.34. The van der Waals surface area contributed by atoms with Gasteiger partial charge in [0.2, 0.25) is 5.91 Å². The summed E-state index contributed by atoms with van der Waals surface area (Å²) in [6.07, 6.45) is 4.00. The maximum Gasteiger partial charge on any atom is 0.223 e. The molecule has 0 unspecified atom stereocenters. The first-order valence-electron chi connectivity index (χ1n) is 5.81. The smallest absolute Gasteiger partial charge is 0.223 e. The molecule has 0 aromatic heterocycles. The van der Waals surface area contributed by atoms with Crippen molar-refractivity contribution in [3.05, 3.63) is 29.8 Å². The average molecular weight is 219 g/mol. The van der Waals surface area contributed by atoms with Gasteiger partial charge in [0.15, 0.2) is 0 Å². The van der Waals surface area contributed by atoms with Crippen LogP contribution in [0.3, 0.4) is 0 Å². The molecule has 0 atom stereocenters. The summed E-state index contributed by atoms with van der Waals surface area (Å²) in [6, 6.07) is 7.21. The Morgan fingerprint density at radius 1 is 1.31 bits per heavy atom. The standard InChI is InChI=1S/C13H17NO2/c15-12-7-3-10(4-8-12)2-1-9-14-13(16)11-5-6-11/h3-4,7-8,11,15H,1-2,5-6,9H2,(H,14,16). The highest BCUT2D eigenvalue weighted by molar-refractivity contribution is 5.80. The Morgan fingerprint density at radius 2 is 2.00 bits per heavy atom. The number of benzene rings is 1. The van der Waals surface area contributed by atoms with Crippen LogP contribution in [0.5, 0.6) is 5.75 Å². The highest BCUT2D eigenvalue weighted by Gasteiger charge is 2.28. The van der Waals surface area contributed by atoms with Crippen molar-refractivity contribution in [2.45, 2.75) is 25.7 Å². The van der Waals surface area contributed by atoms with Crippen LogP contribution in [0.2, 0.25) is 0 Å². The summed E-state index contributed by atoms with van der Waals surface area (Å²) in [5.74, 6) is 0.810. The van der Waals surface area contributed by atoms with Crippen LogP contribution in [0.1, 0.15) is 24.8 Å². The third kappa shape index (κ3) is 3.26. The van der Waals surface area contributed by atoms with Gasteiger partial charge in [0.05, 0.1) is 0 Å². The van der Waals surface area contributed by atoms with Gasteiger partial charge in [-0.3, -0.25) is 4.79 Å². The van der Waals surface area contributed by atoms with E-state index in [1.165, 1.54) is 5.56 Å². The highest BCUT2D eigenvalue weighted by Crippen LogP contribution is 2.28. The maximum atomic E-state index is 11.3. The summed E-state index contributed by atoms with van der Waals surface area (Å²) in [5.41, 5.74) is 1.19. The number of aryl methyl sites for hydroxylation is 1. The van der Waals surface area contributed by atoms with Crippen molar-refractivity contribution < 1.29 is 9.90 Å². The van der Waals surface area contributed by atoms with E-state index in [2.05, 4.69) is 5.32 Å². The Kier molecular flexibility index (Phi) is 3.44. The van der Waals surface area contributed by atoms with Gasteiger partial charge in [-0.1, -0.05) is 12.1 Å². The van der Waals surface area contributed by atoms with Gasteiger partial charge in [-0.15, -0.1) is 0 Å². The molecule has 0 bridgehead atoms. The summed E-state index contributed by atoms with van der Waals surface area (Å²) >= 11 is 0. The van der Waals surface area contributed by atoms with Crippen molar-refractivity contribution in [1.29, 1.82) is 0 Å². The maximum absolute atomic E-state index is 11.3. The van der Waals surface area contributed by atoms with Crippen molar-refractivity contribution in [3.63, 3.8) is 0 Å². The molecule has 2 rings (SSSR count). The van der Waals surface area contributed by atoms with Gasteiger partial charge in [0, 0.05) is 12.5 Å². The summed E-state index contributed by atoms with van der Waals surface area (Å²) < 4.78 is 0. The SMILES string of the molecule is O=C(NCCCc1ccc(O)cc1)C1CC1. The van der Waals surface area contributed by atoms with Crippen LogP contribution in [-0.2, 0) is 11.2 Å². The third-order valence-electron chi connectivity index (χ3n) is 2.83. The summed E-state index contributed by atoms with van der Waals surface area (Å²) in [6.45, 7) is 0.746. The van der Waals surface area contributed by atoms with Gasteiger partial charge in [-0.05, 0) is 43.4 Å². The van der Waals surface area contributed by atoms with Crippen molar-refractivity contribution in [2.24, 2.45) is 5.92 Å². The molecule has 3 heteroatoms. The molecule has 1 aromatic rings. The minimum Gasteiger partial charge on any atom is -0.508 e. The van der Waals surface area contributed by atoms with Gasteiger partial charge in [-0.2, -0.15) is 0 Å². The van der Waals surface area contributed by atoms with E-state index in [1.807, 2.05) is 12.1 Å². The molecule has 2 N–H and O–H groups in total. The summed E-state index contributed by atoms with van der Waals surface area (Å²) in [4.78, 5) is 11.3. The molecule has 16 heavy (non-hydrogen) atoms. The van der Waals surface area contributed by atoms with E-state index in [0.717, 1.165) is 32.2 Å². The fraction of sp³-hybridized carbons (Fsp3) is 0.462. The number of phenolic OH excluding ortho intramolecular Hbond substituents is 1. The van der Waals surface area contributed by atoms with E-state index in [0.29, 0.717) is 11.7 Å². The quantitative estimate of drug-likeness (QED) is 0.742. The van der Waals surface area contributed by atoms with E-state index in [9.17, 15) is 4.79 Å². The van der Waals surface area contributed by atoms with Crippen LogP contribution in [0.15, 0.2) is 24.3 Å². The Hall–Kier alpha value is -1.51. The molecule has 1 amide bonds. The van der Waals surface area contributed by atoms with Gasteiger partial charge < -0.3 is 10.4 Å². The van der Waals surface area contributed by atoms with E-state index in [4.69, 9.17) is 5.11 Å². The van der Waals surface area contributed by atoms with Crippen LogP contribution < -0.4 is 5.32 Å². The second kappa shape index (κ2) is 5.01. The number of phenols is 1. The number of nitrogens with one attached hydrogen (secondary N) is 1. The number of rotatable bonds is 5. The largest absolute Gasteiger partial charge is 0.508 e. The van der Waals surface area contributed by atoms with E-state index in [1.54, 1.807) is 12.1 Å². The fourth-order valence-electron chi connectivity index (χ4n) is 1.66. The van der Waals surface area contributed by atoms with Crippen LogP contribution in [0.4, 0.5) is 0 Å². The lowest BCUT2D eigenvalue weighted by Gasteiger charge is -2.04. The van der Waals surface area contributed by atoms with Gasteiger partial charge >= 0.3 is 0 Å². The monoisotopic (exact) mass is 219 g/mol. The molecule has 1 aliphatic rings. The highest BCUT2D eigenvalue weighted by atomic mass is 16.3. The summed E-state index contributed by atoms with van der Waals surface area (Å²) in [7, 11) is 0. The van der Waals surface area contributed by atoms with Gasteiger partial charge in [0.1, 0.15) is 5.75 Å². The number of carbonyl (C=O) groups is 1. The minimum atomic E-state index is 0.214. The zero-order valence-corrected chi connectivity index (χ0v) is 9.28. The lowest BCUT2D eigenvalue weighted by atomic mass is 10.1. The molecule has 1 aliphatic carbocycles. The first-order chi connectivity index (χ1) is 7.75. The molecular weight excluding hydrogens is 202 g/mol. The molecular formula is C13H17NO2. The molecule has 0 radical (unpaired) electrons. The average Bonchev–Trinajstić information content (AvgIpc) is 3.10. The Morgan fingerprint density at radius 3 is 2.62 bits per heavy atom. The minimum absolute atomic E-state index is 0.214. The van der Waals surface area contributed by atoms with Crippen LogP contribution in [0, 0.1) is 5.92 Å². The molecule has 0 saturated heterocycles. The number of carbonyl (C=O) groups excluding carboxylic acids is 1. The summed E-state index contributed by atoms with van der Waals surface area (Å²) in [5, 5.41) is 12.0. The second-order valence-electron chi connectivity index (χ2n) is 4.34. The normalized spacial score (nSPS) is 14.8. The fourth-order valence-corrected chi connectivity index (χ4v) is 1.66. The Bertz CT molecular complexity index is 355. The Balaban J connectivity index is 1.63. The molecule has 86 valence electrons. The van der Waals surface area contributed by atoms with Gasteiger partial charge in [0.25, 0.3) is 0 Å². The lowest BCUT2D eigenvalue weighted by molar-refractivity contribution is -0.122. The van der Waals surface area contributed by atoms with E-state index < -0.39 is 0 Å².